The Morgan fingerprint density at radius 1 is 0.378 bits per heavy atom. The van der Waals surface area contributed by atoms with Gasteiger partial charge >= 0.3 is 12.4 Å². The summed E-state index contributed by atoms with van der Waals surface area (Å²) in [6.07, 6.45) is -10.2. The fourth-order valence-electron chi connectivity index (χ4n) is 11.5. The Morgan fingerprint density at radius 3 is 1.37 bits per heavy atom. The van der Waals surface area contributed by atoms with Gasteiger partial charge in [-0.2, -0.15) is 26.3 Å². The molecule has 6 nitrogen and oxygen atoms in total. The van der Waals surface area contributed by atoms with Gasteiger partial charge in [0.15, 0.2) is 5.65 Å². The van der Waals surface area contributed by atoms with Gasteiger partial charge in [0.05, 0.1) is 50.4 Å². The number of imidazole rings is 2. The summed E-state index contributed by atoms with van der Waals surface area (Å²) in [5.74, 6) is 1.05. The summed E-state index contributed by atoms with van der Waals surface area (Å²) < 4.78 is 90.8. The van der Waals surface area contributed by atoms with Crippen LogP contribution in [0.25, 0.3) is 101 Å². The minimum absolute atomic E-state index is 0. The molecule has 1 N–H and O–H groups in total. The molecule has 3 heterocycles. The van der Waals surface area contributed by atoms with Gasteiger partial charge in [0, 0.05) is 49.0 Å². The molecule has 0 saturated heterocycles. The molecule has 13 heteroatoms. The molecule has 3 aromatic heterocycles. The van der Waals surface area contributed by atoms with Crippen molar-refractivity contribution in [2.24, 2.45) is 0 Å². The third kappa shape index (κ3) is 12.6. The van der Waals surface area contributed by atoms with E-state index in [0.29, 0.717) is 57.2 Å². The van der Waals surface area contributed by atoms with E-state index in [9.17, 15) is 31.4 Å². The van der Waals surface area contributed by atoms with E-state index in [4.69, 9.17) is 15.0 Å². The molecular weight excluding hydrogens is 1320 g/mol. The molecule has 0 fully saturated rings. The second-order valence-corrected chi connectivity index (χ2v) is 28.6. The fraction of sp³-hybridized carbons (Fsp3) is 0.286. The molecule has 0 aliphatic rings. The zero-order valence-corrected chi connectivity index (χ0v) is 55.7. The van der Waals surface area contributed by atoms with Gasteiger partial charge in [-0.3, -0.25) is 9.55 Å². The predicted molar refractivity (Wildman–Crippen MR) is 350 cm³/mol. The maximum Gasteiger partial charge on any atom is 0.416 e. The van der Waals surface area contributed by atoms with Crippen LogP contribution in [0.1, 0.15) is 143 Å². The van der Waals surface area contributed by atoms with E-state index in [1.807, 2.05) is 83.4 Å². The molecule has 11 rings (SSSR count). The molecule has 8 aromatic carbocycles. The van der Waals surface area contributed by atoms with Crippen molar-refractivity contribution in [3.8, 4) is 84.5 Å². The number of hydrogen-bond acceptors (Lipinski definition) is 4. The molecule has 90 heavy (non-hydrogen) atoms. The second kappa shape index (κ2) is 23.0. The van der Waals surface area contributed by atoms with Crippen LogP contribution in [0.15, 0.2) is 170 Å². The number of phenolic OH excluding ortho intramolecular Hbond substituents is 1. The Kier molecular flexibility index (Phi) is 16.6. The van der Waals surface area contributed by atoms with Crippen LogP contribution in [0.4, 0.5) is 26.3 Å². The van der Waals surface area contributed by atoms with Crippen LogP contribution < -0.4 is 0 Å². The summed E-state index contributed by atoms with van der Waals surface area (Å²) >= 11 is 0. The smallest absolute Gasteiger partial charge is 0.416 e. The average molecular weight is 1390 g/mol. The summed E-state index contributed by atoms with van der Waals surface area (Å²) in [6, 6.07) is 55.6. The van der Waals surface area contributed by atoms with Crippen LogP contribution in [0, 0.1) is 6.07 Å². The first kappa shape index (κ1) is 64.9. The quantitative estimate of drug-likeness (QED) is 0.122. The maximum absolute atomic E-state index is 14.5. The molecule has 0 aliphatic carbocycles. The Hall–Kier alpha value is -8.08. The van der Waals surface area contributed by atoms with Crippen molar-refractivity contribution in [2.45, 2.75) is 143 Å². The molecule has 0 bridgehead atoms. The number of aromatic nitrogens is 5. The summed E-state index contributed by atoms with van der Waals surface area (Å²) in [4.78, 5) is 16.0. The zero-order chi connectivity index (χ0) is 64.3. The first-order valence-corrected chi connectivity index (χ1v) is 30.0. The predicted octanol–water partition coefficient (Wildman–Crippen LogP) is 21.8. The number of rotatable bonds is 8. The SMILES string of the molecule is CC(C)(C)c1cc(-c2cccc3c2nc(-c2cc(C(C)(C)C)cc(C(C)(C)C)c2O)n3-c2ccc(C(C)(C)C)cc2-c2ccccc2)[c-]c(-c2nc3ccc(-c4cc(C(F)(F)F)cc(C(F)(F)F)c4)nc3n2-c2ccc(C(C)(C)C)cc2-c2ccccc2)c1.[Pt]. The molecule has 0 aliphatic heterocycles. The first-order valence-electron chi connectivity index (χ1n) is 30.0. The van der Waals surface area contributed by atoms with Crippen molar-refractivity contribution in [1.29, 1.82) is 0 Å². The summed E-state index contributed by atoms with van der Waals surface area (Å²) in [5, 5.41) is 12.8. The number of benzene rings is 8. The minimum Gasteiger partial charge on any atom is -0.507 e. The number of fused-ring (bicyclic) bond motifs is 2. The fourth-order valence-corrected chi connectivity index (χ4v) is 11.5. The Morgan fingerprint density at radius 2 is 0.867 bits per heavy atom. The normalized spacial score (nSPS) is 12.9. The van der Waals surface area contributed by atoms with Gasteiger partial charge in [-0.15, -0.1) is 29.3 Å². The number of aromatic hydroxyl groups is 1. The number of nitrogens with zero attached hydrogens (tertiary/aromatic N) is 5. The molecule has 0 atom stereocenters. The summed E-state index contributed by atoms with van der Waals surface area (Å²) in [7, 11) is 0. The Labute approximate surface area is 538 Å². The van der Waals surface area contributed by atoms with Crippen molar-refractivity contribution in [2.75, 3.05) is 0 Å². The molecule has 11 aromatic rings. The number of para-hydroxylation sites is 1. The van der Waals surface area contributed by atoms with Crippen LogP contribution in [-0.2, 0) is 60.5 Å². The van der Waals surface area contributed by atoms with Crippen LogP contribution in [0.5, 0.6) is 5.75 Å². The molecular formula is C77H74F6N5OPt-. The maximum atomic E-state index is 14.5. The number of alkyl halides is 6. The average Bonchev–Trinajstić information content (AvgIpc) is 1.54. The van der Waals surface area contributed by atoms with E-state index in [1.165, 1.54) is 6.07 Å². The largest absolute Gasteiger partial charge is 0.507 e. The molecule has 0 saturated carbocycles. The van der Waals surface area contributed by atoms with Gasteiger partial charge in [0.2, 0.25) is 0 Å². The molecule has 0 amide bonds. The standard InChI is InChI=1S/C77H74F6N5O.Pt/c1-71(2,3)50-29-33-63(57(41-50)45-23-18-16-19-24-45)87-65-28-22-27-56(66(65)86-69(87)59-43-53(74(10,11)12)44-60(67(59)89)75(13,14)15)47-35-49(39-52(36-47)73(7,8)9)68-85-62-32-31-61(48-37-54(76(78,79)80)40-55(38-48)77(81,82)83)84-70(62)88(68)64-34-30-51(72(4,5)6)42-58(64)46-25-20-17-21-26-46;/h16-34,36-44,89H,1-15H3;/q-1;. The van der Waals surface area contributed by atoms with Gasteiger partial charge in [-0.1, -0.05) is 206 Å². The van der Waals surface area contributed by atoms with Crippen LogP contribution in [0.2, 0.25) is 0 Å². The van der Waals surface area contributed by atoms with E-state index >= 15 is 0 Å². The van der Waals surface area contributed by atoms with Crippen LogP contribution >= 0.6 is 0 Å². The van der Waals surface area contributed by atoms with Crippen molar-refractivity contribution in [1.82, 2.24) is 24.1 Å². The van der Waals surface area contributed by atoms with Crippen LogP contribution in [-0.4, -0.2) is 29.2 Å². The monoisotopic (exact) mass is 1390 g/mol. The van der Waals surface area contributed by atoms with Gasteiger partial charge < -0.3 is 9.67 Å². The second-order valence-electron chi connectivity index (χ2n) is 28.6. The number of pyridine rings is 1. The van der Waals surface area contributed by atoms with E-state index in [2.05, 4.69) is 175 Å². The van der Waals surface area contributed by atoms with Gasteiger partial charge in [-0.25, -0.2) is 9.97 Å². The van der Waals surface area contributed by atoms with Gasteiger partial charge in [-0.05, 0) is 122 Å². The topological polar surface area (TPSA) is 68.8 Å². The van der Waals surface area contributed by atoms with Crippen molar-refractivity contribution in [3.63, 3.8) is 0 Å². The molecule has 466 valence electrons. The van der Waals surface area contributed by atoms with Crippen molar-refractivity contribution >= 4 is 22.2 Å². The Bertz CT molecular complexity index is 4510. The molecule has 0 unspecified atom stereocenters. The van der Waals surface area contributed by atoms with E-state index < -0.39 is 34.3 Å². The zero-order valence-electron chi connectivity index (χ0n) is 53.4. The van der Waals surface area contributed by atoms with Crippen molar-refractivity contribution in [3.05, 3.63) is 215 Å². The number of hydrogen-bond donors (Lipinski definition) is 1. The van der Waals surface area contributed by atoms with Crippen LogP contribution in [0.3, 0.4) is 0 Å². The Balaban J connectivity index is 0.00000891. The summed E-state index contributed by atoms with van der Waals surface area (Å²) in [5.41, 5.74) is 9.34. The number of phenols is 1. The minimum atomic E-state index is -5.08. The van der Waals surface area contributed by atoms with Crippen molar-refractivity contribution < 1.29 is 52.5 Å². The third-order valence-corrected chi connectivity index (χ3v) is 16.7. The molecule has 0 spiro atoms. The van der Waals surface area contributed by atoms with E-state index in [0.717, 1.165) is 66.8 Å². The van der Waals surface area contributed by atoms with Gasteiger partial charge in [0.1, 0.15) is 11.6 Å². The van der Waals surface area contributed by atoms with E-state index in [-0.39, 0.29) is 66.0 Å². The summed E-state index contributed by atoms with van der Waals surface area (Å²) in [6.45, 7) is 32.1. The van der Waals surface area contributed by atoms with Gasteiger partial charge in [0.25, 0.3) is 0 Å². The van der Waals surface area contributed by atoms with E-state index in [1.54, 1.807) is 6.07 Å². The number of halogens is 6. The first-order chi connectivity index (χ1) is 41.4. The third-order valence-electron chi connectivity index (χ3n) is 16.7. The molecule has 0 radical (unpaired) electrons.